The van der Waals surface area contributed by atoms with Gasteiger partial charge in [0.15, 0.2) is 0 Å². The van der Waals surface area contributed by atoms with Gasteiger partial charge in [-0.05, 0) is 42.3 Å². The molecule has 0 aliphatic rings. The molecule has 0 unspecified atom stereocenters. The van der Waals surface area contributed by atoms with E-state index in [0.29, 0.717) is 17.3 Å². The van der Waals surface area contributed by atoms with Crippen LogP contribution in [-0.4, -0.2) is 5.91 Å². The first-order chi connectivity index (χ1) is 14.1. The second kappa shape index (κ2) is 9.59. The number of nitrogens with zero attached hydrogens (tertiary/aromatic N) is 2. The van der Waals surface area contributed by atoms with Crippen LogP contribution in [0.1, 0.15) is 11.1 Å². The van der Waals surface area contributed by atoms with Gasteiger partial charge >= 0.3 is 0 Å². The topological polar surface area (TPSA) is 56.1 Å². The number of carbonyl (C=O) groups is 1. The van der Waals surface area contributed by atoms with Crippen molar-refractivity contribution in [2.24, 2.45) is 0 Å². The van der Waals surface area contributed by atoms with Crippen molar-refractivity contribution in [2.45, 2.75) is 13.5 Å². The summed E-state index contributed by atoms with van der Waals surface area (Å²) in [5.41, 5.74) is 3.29. The van der Waals surface area contributed by atoms with Crippen LogP contribution in [0.5, 0.6) is 0 Å². The highest BCUT2D eigenvalue weighted by molar-refractivity contribution is 6.31. The van der Waals surface area contributed by atoms with Crippen molar-refractivity contribution < 1.29 is 4.79 Å². The fraction of sp³-hybridized carbons (Fsp3) is 0.0833. The quantitative estimate of drug-likeness (QED) is 0.425. The maximum absolute atomic E-state index is 12.8. The number of nitriles is 1. The van der Waals surface area contributed by atoms with Gasteiger partial charge in [-0.25, -0.2) is 0 Å². The molecule has 0 heterocycles. The van der Waals surface area contributed by atoms with Crippen LogP contribution >= 0.6 is 11.6 Å². The Labute approximate surface area is 175 Å². The minimum atomic E-state index is -0.480. The van der Waals surface area contributed by atoms with Crippen molar-refractivity contribution in [1.29, 1.82) is 5.26 Å². The average Bonchev–Trinajstić information content (AvgIpc) is 2.75. The minimum Gasteiger partial charge on any atom is -0.342 e. The number of carbonyl (C=O) groups excluding carboxylic acids is 1. The third-order valence-corrected chi connectivity index (χ3v) is 4.86. The number of amides is 1. The monoisotopic (exact) mass is 401 g/mol. The van der Waals surface area contributed by atoms with Crippen molar-refractivity contribution >= 4 is 28.9 Å². The van der Waals surface area contributed by atoms with E-state index in [-0.39, 0.29) is 5.57 Å². The van der Waals surface area contributed by atoms with Gasteiger partial charge in [-0.15, -0.1) is 0 Å². The molecule has 5 heteroatoms. The molecular formula is C24H20ClN3O. The molecule has 0 aliphatic heterocycles. The average molecular weight is 402 g/mol. The first kappa shape index (κ1) is 20.2. The molecule has 0 saturated heterocycles. The number of halogens is 1. The van der Waals surface area contributed by atoms with Crippen molar-refractivity contribution in [3.8, 4) is 6.07 Å². The summed E-state index contributed by atoms with van der Waals surface area (Å²) >= 11 is 6.13. The zero-order chi connectivity index (χ0) is 20.6. The first-order valence-corrected chi connectivity index (χ1v) is 9.50. The number of para-hydroxylation sites is 1. The molecular weight excluding hydrogens is 382 g/mol. The molecule has 3 aromatic rings. The largest absolute Gasteiger partial charge is 0.342 e. The van der Waals surface area contributed by atoms with Crippen LogP contribution in [0.4, 0.5) is 11.4 Å². The standard InChI is InChI=1S/C24H20ClN3O/c1-18-22(25)13-8-14-23(18)27-24(29)20(15-26)17-28(21-11-6-3-7-12-21)16-19-9-4-2-5-10-19/h2-14,17H,16H2,1H3,(H,27,29)/b20-17-. The Hall–Kier alpha value is -3.55. The molecule has 4 nitrogen and oxygen atoms in total. The van der Waals surface area contributed by atoms with Gasteiger partial charge < -0.3 is 10.2 Å². The van der Waals surface area contributed by atoms with Crippen LogP contribution in [0.15, 0.2) is 90.6 Å². The van der Waals surface area contributed by atoms with Crippen molar-refractivity contribution in [3.63, 3.8) is 0 Å². The highest BCUT2D eigenvalue weighted by atomic mass is 35.5. The zero-order valence-electron chi connectivity index (χ0n) is 16.0. The molecule has 0 fully saturated rings. The van der Waals surface area contributed by atoms with Crippen LogP contribution < -0.4 is 10.2 Å². The fourth-order valence-corrected chi connectivity index (χ4v) is 3.01. The van der Waals surface area contributed by atoms with Crippen LogP contribution in [0.3, 0.4) is 0 Å². The van der Waals surface area contributed by atoms with Gasteiger partial charge in [-0.1, -0.05) is 66.2 Å². The van der Waals surface area contributed by atoms with Crippen molar-refractivity contribution in [1.82, 2.24) is 0 Å². The normalized spacial score (nSPS) is 10.9. The first-order valence-electron chi connectivity index (χ1n) is 9.12. The summed E-state index contributed by atoms with van der Waals surface area (Å²) in [7, 11) is 0. The minimum absolute atomic E-state index is 0.00385. The lowest BCUT2D eigenvalue weighted by molar-refractivity contribution is -0.112. The predicted octanol–water partition coefficient (Wildman–Crippen LogP) is 5.70. The lowest BCUT2D eigenvalue weighted by Gasteiger charge is -2.21. The molecule has 0 saturated carbocycles. The van der Waals surface area contributed by atoms with E-state index in [2.05, 4.69) is 5.32 Å². The lowest BCUT2D eigenvalue weighted by Crippen LogP contribution is -2.21. The number of hydrogen-bond donors (Lipinski definition) is 1. The fourth-order valence-electron chi connectivity index (χ4n) is 2.84. The summed E-state index contributed by atoms with van der Waals surface area (Å²) in [4.78, 5) is 14.6. The van der Waals surface area contributed by atoms with Gasteiger partial charge in [-0.3, -0.25) is 4.79 Å². The van der Waals surface area contributed by atoms with E-state index >= 15 is 0 Å². The molecule has 0 atom stereocenters. The van der Waals surface area contributed by atoms with Gasteiger partial charge in [-0.2, -0.15) is 5.26 Å². The molecule has 1 amide bonds. The van der Waals surface area contributed by atoms with E-state index < -0.39 is 5.91 Å². The lowest BCUT2D eigenvalue weighted by atomic mass is 10.1. The molecule has 29 heavy (non-hydrogen) atoms. The molecule has 0 spiro atoms. The van der Waals surface area contributed by atoms with Crippen LogP contribution in [0, 0.1) is 18.3 Å². The maximum atomic E-state index is 12.8. The maximum Gasteiger partial charge on any atom is 0.267 e. The molecule has 0 aromatic heterocycles. The van der Waals surface area contributed by atoms with Crippen LogP contribution in [0.25, 0.3) is 0 Å². The molecule has 0 bridgehead atoms. The van der Waals surface area contributed by atoms with E-state index in [1.165, 1.54) is 0 Å². The Morgan fingerprint density at radius 1 is 1.03 bits per heavy atom. The van der Waals surface area contributed by atoms with Crippen molar-refractivity contribution in [2.75, 3.05) is 10.2 Å². The molecule has 144 valence electrons. The van der Waals surface area contributed by atoms with Gasteiger partial charge in [0.2, 0.25) is 0 Å². The second-order valence-electron chi connectivity index (χ2n) is 6.47. The van der Waals surface area contributed by atoms with Crippen molar-refractivity contribution in [3.05, 3.63) is 107 Å². The number of benzene rings is 3. The van der Waals surface area contributed by atoms with Crippen LogP contribution in [-0.2, 0) is 11.3 Å². The van der Waals surface area contributed by atoms with Crippen LogP contribution in [0.2, 0.25) is 5.02 Å². The van der Waals surface area contributed by atoms with E-state index in [1.54, 1.807) is 24.4 Å². The van der Waals surface area contributed by atoms with Gasteiger partial charge in [0.1, 0.15) is 11.6 Å². The Morgan fingerprint density at radius 2 is 1.69 bits per heavy atom. The molecule has 3 rings (SSSR count). The number of nitrogens with one attached hydrogen (secondary N) is 1. The smallest absolute Gasteiger partial charge is 0.267 e. The molecule has 3 aromatic carbocycles. The summed E-state index contributed by atoms with van der Waals surface area (Å²) in [5, 5.41) is 13.0. The molecule has 0 aliphatic carbocycles. The summed E-state index contributed by atoms with van der Waals surface area (Å²) in [6, 6.07) is 26.8. The van der Waals surface area contributed by atoms with Gasteiger partial charge in [0, 0.05) is 29.1 Å². The van der Waals surface area contributed by atoms with E-state index in [4.69, 9.17) is 11.6 Å². The summed E-state index contributed by atoms with van der Waals surface area (Å²) in [6.07, 6.45) is 1.58. The Kier molecular flexibility index (Phi) is 6.67. The third kappa shape index (κ3) is 5.25. The summed E-state index contributed by atoms with van der Waals surface area (Å²) in [6.45, 7) is 2.35. The second-order valence-corrected chi connectivity index (χ2v) is 6.88. The van der Waals surface area contributed by atoms with E-state index in [0.717, 1.165) is 16.8 Å². The number of rotatable bonds is 6. The summed E-state index contributed by atoms with van der Waals surface area (Å²) in [5.74, 6) is -0.480. The summed E-state index contributed by atoms with van der Waals surface area (Å²) < 4.78 is 0. The molecule has 0 radical (unpaired) electrons. The van der Waals surface area contributed by atoms with Gasteiger partial charge in [0.25, 0.3) is 5.91 Å². The Balaban J connectivity index is 1.90. The highest BCUT2D eigenvalue weighted by Gasteiger charge is 2.14. The SMILES string of the molecule is Cc1c(Cl)cccc1NC(=O)/C(C#N)=C\N(Cc1ccccc1)c1ccccc1. The number of anilines is 2. The Bertz CT molecular complexity index is 1060. The molecule has 1 N–H and O–H groups in total. The van der Waals surface area contributed by atoms with E-state index in [9.17, 15) is 10.1 Å². The Morgan fingerprint density at radius 3 is 2.34 bits per heavy atom. The van der Waals surface area contributed by atoms with Gasteiger partial charge in [0.05, 0.1) is 0 Å². The zero-order valence-corrected chi connectivity index (χ0v) is 16.7. The predicted molar refractivity (Wildman–Crippen MR) is 118 cm³/mol. The number of hydrogen-bond acceptors (Lipinski definition) is 3. The highest BCUT2D eigenvalue weighted by Crippen LogP contribution is 2.24. The third-order valence-electron chi connectivity index (χ3n) is 4.45. The van der Waals surface area contributed by atoms with E-state index in [1.807, 2.05) is 78.6 Å².